The monoisotopic (exact) mass is 2440 g/mol. The number of fused-ring (bicyclic) bond motifs is 1. The number of hydrogen-bond donors (Lipinski definition) is 20. The molecule has 0 amide bonds. The number of aromatic nitrogens is 10. The van der Waals surface area contributed by atoms with Crippen LogP contribution in [0.3, 0.4) is 0 Å². The van der Waals surface area contributed by atoms with Gasteiger partial charge < -0.3 is 137 Å². The molecule has 5 aromatic heterocycles. The Morgan fingerprint density at radius 2 is 0.631 bits per heavy atom. The van der Waals surface area contributed by atoms with Gasteiger partial charge in [0.05, 0.1) is 57.3 Å². The number of ether oxygens (including phenoxy) is 4. The molecule has 9 aromatic rings. The minimum absolute atomic E-state index is 0.0197. The van der Waals surface area contributed by atoms with Gasteiger partial charge >= 0.3 is 98.8 Å². The van der Waals surface area contributed by atoms with Crippen molar-refractivity contribution in [3.05, 3.63) is 270 Å². The third-order valence-corrected chi connectivity index (χ3v) is 46.2. The summed E-state index contributed by atoms with van der Waals surface area (Å²) in [6.07, 6.45) is -24.9. The molecule has 4 aliphatic rings. The Labute approximate surface area is 865 Å². The second-order valence-electron chi connectivity index (χ2n) is 32.2. The Morgan fingerprint density at radius 3 is 0.926 bits per heavy atom. The molecule has 20 atom stereocenters. The standard InChI is InChI=1S/C19H22Cl2N4O11P2.3C18H20Cl2F2N2O11P2/c1-23-12-5-3-2-4-10(12)11(22-23)8-25-14(26)6-7-24(18(25)29)17-16(28)15(27)13(36-17)9-35-38(33,34)19(20,21)37(30,31)32;19-18(20,36(29,30)31)37(32,33)34-8-12-14(26)15(27)16(35-12)24-6-4-13(25)23(17(24)28)5-3-9-1-2-10(21)7-11(9)22;2*19-18(20,36(29,30)31)37(32,33)34-8-11-13(26)14(27)15(35-11)23-7-6-12(25)24(16(23)28)9-17(21,22)10-4-2-1-3-5-10/h2-7,13,15-17,27-28H,8-9H2,1H3,(H,33,34)(H2,30,31,32);1-2,4,6-7,12,14-16,26-27H,3,5,8H2,(H,32,33)(H2,29,30,31);2*1-7,11,13-15,26-27H,8-9H2,(H,32,33)(H2,29,30,31)/t13-,15+,16?,17-;12-,14+,15?,16-;2*11-,13+,14?,15-/m1111/s1. The van der Waals surface area contributed by atoms with Crippen LogP contribution in [0.5, 0.6) is 0 Å². The van der Waals surface area contributed by atoms with Gasteiger partial charge in [0.15, 0.2) is 24.9 Å². The average Bonchev–Trinajstić information content (AvgIpc) is 1.30. The summed E-state index contributed by atoms with van der Waals surface area (Å²) in [7, 11) is -42.4. The molecule has 9 heterocycles. The topological polar surface area (TPSA) is 809 Å². The number of benzene rings is 4. The number of rotatable bonds is 35. The predicted molar refractivity (Wildman–Crippen MR) is 503 cm³/mol. The van der Waals surface area contributed by atoms with Crippen molar-refractivity contribution in [2.75, 3.05) is 26.4 Å². The van der Waals surface area contributed by atoms with E-state index in [1.807, 2.05) is 12.1 Å². The van der Waals surface area contributed by atoms with E-state index in [4.69, 9.17) is 151 Å². The number of aliphatic hydroxyl groups excluding tert-OH is 8. The van der Waals surface area contributed by atoms with E-state index in [9.17, 15) is 162 Å². The van der Waals surface area contributed by atoms with Crippen LogP contribution in [0.25, 0.3) is 10.9 Å². The number of alkyl halides is 12. The van der Waals surface area contributed by atoms with E-state index in [-0.39, 0.29) is 34.2 Å². The first-order valence-corrected chi connectivity index (χ1v) is 56.8. The van der Waals surface area contributed by atoms with Crippen molar-refractivity contribution in [2.24, 2.45) is 7.05 Å². The highest BCUT2D eigenvalue weighted by molar-refractivity contribution is 7.80. The van der Waals surface area contributed by atoms with Crippen molar-refractivity contribution in [3.63, 3.8) is 0 Å². The fourth-order valence-electron chi connectivity index (χ4n) is 14.1. The van der Waals surface area contributed by atoms with Crippen LogP contribution in [0.4, 0.5) is 26.3 Å². The number of aryl methyl sites for hydroxylation is 2. The molecule has 13 rings (SSSR count). The van der Waals surface area contributed by atoms with Gasteiger partial charge in [-0.2, -0.15) is 22.7 Å². The molecule has 0 radical (unpaired) electrons. The quantitative estimate of drug-likeness (QED) is 0.0154. The molecule has 4 aliphatic heterocycles. The van der Waals surface area contributed by atoms with Gasteiger partial charge in [-0.3, -0.25) is 96.9 Å². The Bertz CT molecular complexity index is 7160. The molecule has 826 valence electrons. The third-order valence-electron chi connectivity index (χ3n) is 22.1. The zero-order valence-corrected chi connectivity index (χ0v) is 87.3. The summed E-state index contributed by atoms with van der Waals surface area (Å²) in [5.74, 6) is -8.99. The largest absolute Gasteiger partial charge is 0.387 e. The molecule has 20 N–H and O–H groups in total. The molecule has 4 aromatic carbocycles. The highest BCUT2D eigenvalue weighted by Gasteiger charge is 2.65. The molecular formula is C73H82Cl8F6N10O44P8. The third kappa shape index (κ3) is 26.9. The fraction of sp³-hybridized carbons (Fsp3) is 0.438. The van der Waals surface area contributed by atoms with Gasteiger partial charge in [-0.1, -0.05) is 178 Å². The SMILES string of the molecule is Cn1nc(Cn2c(=O)ccn([C@@H]3O[C@H](COP(=O)(O)C(Cl)(Cl)P(=O)(O)O)[C@H](O)C3O)c2=O)c2ccccc21.O=c1ccn([C@@H]2O[C@H](COP(=O)(O)C(Cl)(Cl)P(=O)(O)O)[C@H](O)C2O)c(=O)n1CC(F)(F)c1ccccc1.O=c1ccn([C@@H]2O[C@H](COP(=O)(O)C(Cl)(Cl)P(=O)(O)O)[C@H](O)C2O)c(=O)n1CC(F)(F)c1ccccc1.O=c1ccn([C@@H]2O[C@H](COP(=O)(O)C(Cl)(Cl)P(=O)(O)O)[C@H](O)C2O)c(=O)n1CCc1ccc(F)cc1F. The first kappa shape index (κ1) is 124. The maximum Gasteiger partial charge on any atom is 0.376 e. The van der Waals surface area contributed by atoms with Gasteiger partial charge in [0.2, 0.25) is 0 Å². The molecule has 76 heteroatoms. The lowest BCUT2D eigenvalue weighted by atomic mass is 10.1. The van der Waals surface area contributed by atoms with E-state index in [0.29, 0.717) is 30.8 Å². The van der Waals surface area contributed by atoms with Crippen LogP contribution in [0, 0.1) is 11.6 Å². The lowest BCUT2D eigenvalue weighted by Crippen LogP contribution is -2.45. The molecule has 0 bridgehead atoms. The molecule has 0 spiro atoms. The summed E-state index contributed by atoms with van der Waals surface area (Å²) in [5, 5.41) is 87.8. The Kier molecular flexibility index (Phi) is 39.5. The van der Waals surface area contributed by atoms with E-state index in [0.717, 1.165) is 105 Å². The lowest BCUT2D eigenvalue weighted by molar-refractivity contribution is -0.0555. The second kappa shape index (κ2) is 47.2. The van der Waals surface area contributed by atoms with Gasteiger partial charge in [-0.15, -0.1) is 0 Å². The molecule has 4 fully saturated rings. The second-order valence-corrected chi connectivity index (χ2v) is 58.0. The van der Waals surface area contributed by atoms with E-state index in [1.54, 1.807) is 23.9 Å². The minimum Gasteiger partial charge on any atom is -0.387 e. The summed E-state index contributed by atoms with van der Waals surface area (Å²) in [6.45, 7) is -7.56. The van der Waals surface area contributed by atoms with Crippen molar-refractivity contribution in [1.82, 2.24) is 46.3 Å². The highest BCUT2D eigenvalue weighted by atomic mass is 35.5. The smallest absolute Gasteiger partial charge is 0.376 e. The molecule has 0 aliphatic carbocycles. The van der Waals surface area contributed by atoms with Crippen LogP contribution in [0.2, 0.25) is 0 Å². The Morgan fingerprint density at radius 1 is 0.362 bits per heavy atom. The first-order chi connectivity index (χ1) is 68.3. The van der Waals surface area contributed by atoms with E-state index >= 15 is 0 Å². The van der Waals surface area contributed by atoms with Crippen LogP contribution in [0.15, 0.2) is 191 Å². The van der Waals surface area contributed by atoms with Crippen molar-refractivity contribution in [3.8, 4) is 0 Å². The molecule has 8 unspecified atom stereocenters. The number of para-hydroxylation sites is 1. The maximum absolute atomic E-state index is 14.7. The van der Waals surface area contributed by atoms with E-state index in [2.05, 4.69) is 23.2 Å². The van der Waals surface area contributed by atoms with Gasteiger partial charge in [0.25, 0.3) is 34.1 Å². The number of aliphatic hydroxyl groups is 8. The summed E-state index contributed by atoms with van der Waals surface area (Å²) in [6, 6.07) is 26.1. The zero-order valence-electron chi connectivity index (χ0n) is 74.1. The number of halogens is 14. The molecule has 54 nitrogen and oxygen atoms in total. The van der Waals surface area contributed by atoms with E-state index < -0.39 is 293 Å². The van der Waals surface area contributed by atoms with E-state index in [1.165, 1.54) is 36.4 Å². The first-order valence-electron chi connectivity index (χ1n) is 41.0. The van der Waals surface area contributed by atoms with Crippen molar-refractivity contribution in [2.45, 2.75) is 158 Å². The molecule has 0 saturated carbocycles. The number of hydrogen-bond acceptors (Lipinski definition) is 33. The molecular weight excluding hydrogens is 2370 g/mol. The van der Waals surface area contributed by atoms with Crippen molar-refractivity contribution < 1.29 is 199 Å². The summed E-state index contributed by atoms with van der Waals surface area (Å²) >= 11 is 42.6. The van der Waals surface area contributed by atoms with Gasteiger partial charge in [0.1, 0.15) is 84.9 Å². The van der Waals surface area contributed by atoms with Crippen LogP contribution in [0.1, 0.15) is 47.3 Å². The fourth-order valence-corrected chi connectivity index (χ4v) is 23.2. The summed E-state index contributed by atoms with van der Waals surface area (Å²) in [4.78, 5) is 213. The normalized spacial score (nSPS) is 24.4. The maximum atomic E-state index is 14.7. The average molecular weight is 2450 g/mol. The minimum atomic E-state index is -5.59. The van der Waals surface area contributed by atoms with Crippen molar-refractivity contribution in [1.29, 1.82) is 0 Å². The molecule has 149 heavy (non-hydrogen) atoms. The summed E-state index contributed by atoms with van der Waals surface area (Å²) in [5.41, 5.74) is -8.02. The summed E-state index contributed by atoms with van der Waals surface area (Å²) < 4.78 is 212. The van der Waals surface area contributed by atoms with Crippen molar-refractivity contribution >= 4 is 164 Å². The van der Waals surface area contributed by atoms with Gasteiger partial charge in [0, 0.05) is 85.2 Å². The lowest BCUT2D eigenvalue weighted by Gasteiger charge is -2.26. The van der Waals surface area contributed by atoms with Gasteiger partial charge in [-0.05, 0) is 24.1 Å². The Hall–Kier alpha value is -6.31. The number of nitrogens with zero attached hydrogens (tertiary/aromatic N) is 10. The Balaban J connectivity index is 0.000000203. The zero-order chi connectivity index (χ0) is 112. The van der Waals surface area contributed by atoms with Crippen LogP contribution < -0.4 is 45.0 Å². The van der Waals surface area contributed by atoms with Crippen LogP contribution >= 0.6 is 154 Å². The van der Waals surface area contributed by atoms with Crippen LogP contribution in [-0.4, -0.2) is 261 Å². The van der Waals surface area contributed by atoms with Gasteiger partial charge in [-0.25, -0.2) is 28.0 Å². The van der Waals surface area contributed by atoms with Crippen LogP contribution in [-0.2, 0) is 125 Å². The highest BCUT2D eigenvalue weighted by Crippen LogP contribution is 2.79. The predicted octanol–water partition coefficient (Wildman–Crippen LogP) is 2.43. The molecule has 4 saturated heterocycles.